The Labute approximate surface area is 147 Å². The molecule has 0 radical (unpaired) electrons. The van der Waals surface area contributed by atoms with Crippen LogP contribution in [0.1, 0.15) is 55.3 Å². The van der Waals surface area contributed by atoms with Gasteiger partial charge in [-0.25, -0.2) is 0 Å². The second-order valence-electron chi connectivity index (χ2n) is 6.41. The van der Waals surface area contributed by atoms with Crippen LogP contribution in [0.3, 0.4) is 0 Å². The third-order valence-corrected chi connectivity index (χ3v) is 4.67. The van der Waals surface area contributed by atoms with E-state index in [4.69, 9.17) is 4.74 Å². The van der Waals surface area contributed by atoms with Crippen molar-refractivity contribution in [2.75, 3.05) is 7.11 Å². The number of rotatable bonds is 7. The summed E-state index contributed by atoms with van der Waals surface area (Å²) in [5.74, 6) is -1.11. The molecule has 1 aromatic rings. The molecule has 1 aliphatic carbocycles. The van der Waals surface area contributed by atoms with Gasteiger partial charge in [0.25, 0.3) is 0 Å². The molecule has 0 aliphatic heterocycles. The van der Waals surface area contributed by atoms with Crippen molar-refractivity contribution in [3.63, 3.8) is 0 Å². The summed E-state index contributed by atoms with van der Waals surface area (Å²) in [6, 6.07) is 6.41. The quantitative estimate of drug-likeness (QED) is 0.584. The minimum Gasteiger partial charge on any atom is -0.497 e. The normalized spacial score (nSPS) is 20.4. The molecule has 1 amide bonds. The van der Waals surface area contributed by atoms with Crippen LogP contribution >= 0.6 is 0 Å². The molecule has 136 valence electrons. The fraction of sp³-hybridized carbons (Fsp3) is 0.526. The number of carboxylic acid groups (broad SMARTS) is 1. The summed E-state index contributed by atoms with van der Waals surface area (Å²) < 4.78 is 5.05. The highest BCUT2D eigenvalue weighted by molar-refractivity contribution is 5.98. The summed E-state index contributed by atoms with van der Waals surface area (Å²) in [7, 11) is 1.55. The van der Waals surface area contributed by atoms with Crippen LogP contribution in [0.4, 0.5) is 0 Å². The molecule has 2 atom stereocenters. The van der Waals surface area contributed by atoms with E-state index in [1.54, 1.807) is 31.4 Å². The van der Waals surface area contributed by atoms with Gasteiger partial charge in [0, 0.05) is 24.4 Å². The zero-order valence-corrected chi connectivity index (χ0v) is 14.5. The van der Waals surface area contributed by atoms with Crippen molar-refractivity contribution in [2.24, 2.45) is 5.92 Å². The topological polar surface area (TPSA) is 92.7 Å². The second-order valence-corrected chi connectivity index (χ2v) is 6.41. The molecule has 1 aromatic carbocycles. The predicted octanol–water partition coefficient (Wildman–Crippen LogP) is 2.81. The average molecular weight is 347 g/mol. The van der Waals surface area contributed by atoms with Gasteiger partial charge in [-0.2, -0.15) is 0 Å². The first-order valence-corrected chi connectivity index (χ1v) is 8.70. The number of amides is 1. The zero-order chi connectivity index (χ0) is 18.2. The molecular formula is C19H25NO5. The largest absolute Gasteiger partial charge is 0.497 e. The maximum atomic E-state index is 12.2. The molecule has 2 rings (SSSR count). The molecule has 2 N–H and O–H groups in total. The molecule has 6 heteroatoms. The first-order chi connectivity index (χ1) is 12.0. The van der Waals surface area contributed by atoms with Crippen molar-refractivity contribution >= 4 is 17.7 Å². The fourth-order valence-corrected chi connectivity index (χ4v) is 3.20. The minimum atomic E-state index is -0.860. The Kier molecular flexibility index (Phi) is 6.98. The fourth-order valence-electron chi connectivity index (χ4n) is 3.20. The van der Waals surface area contributed by atoms with Crippen LogP contribution in [-0.2, 0) is 9.59 Å². The van der Waals surface area contributed by atoms with E-state index in [0.717, 1.165) is 19.3 Å². The molecule has 0 spiro atoms. The Bertz CT molecular complexity index is 611. The van der Waals surface area contributed by atoms with Crippen LogP contribution in [0.15, 0.2) is 24.3 Å². The van der Waals surface area contributed by atoms with Crippen molar-refractivity contribution < 1.29 is 24.2 Å². The summed E-state index contributed by atoms with van der Waals surface area (Å²) in [5, 5.41) is 12.2. The van der Waals surface area contributed by atoms with Crippen LogP contribution in [0.2, 0.25) is 0 Å². The summed E-state index contributed by atoms with van der Waals surface area (Å²) in [4.78, 5) is 35.7. The molecule has 1 aliphatic rings. The Balaban J connectivity index is 1.86. The SMILES string of the molecule is COc1ccc(C(=O)CCC(=O)N[C@H]2CCCCC[C@H]2C(=O)O)cc1. The van der Waals surface area contributed by atoms with Gasteiger partial charge in [0.15, 0.2) is 5.78 Å². The van der Waals surface area contributed by atoms with Gasteiger partial charge in [0.05, 0.1) is 13.0 Å². The molecule has 1 fully saturated rings. The summed E-state index contributed by atoms with van der Waals surface area (Å²) >= 11 is 0. The number of benzene rings is 1. The molecule has 0 bridgehead atoms. The van der Waals surface area contributed by atoms with Gasteiger partial charge in [-0.3, -0.25) is 14.4 Å². The Morgan fingerprint density at radius 2 is 1.76 bits per heavy atom. The molecular weight excluding hydrogens is 322 g/mol. The Hall–Kier alpha value is -2.37. The van der Waals surface area contributed by atoms with Gasteiger partial charge in [-0.15, -0.1) is 0 Å². The van der Waals surface area contributed by atoms with Crippen molar-refractivity contribution in [1.82, 2.24) is 5.32 Å². The van der Waals surface area contributed by atoms with Gasteiger partial charge < -0.3 is 15.2 Å². The highest BCUT2D eigenvalue weighted by atomic mass is 16.5. The van der Waals surface area contributed by atoms with Crippen molar-refractivity contribution in [3.05, 3.63) is 29.8 Å². The van der Waals surface area contributed by atoms with Gasteiger partial charge in [-0.05, 0) is 37.1 Å². The predicted molar refractivity (Wildman–Crippen MR) is 92.7 cm³/mol. The number of aliphatic carboxylic acids is 1. The first kappa shape index (κ1) is 19.0. The van der Waals surface area contributed by atoms with E-state index < -0.39 is 11.9 Å². The molecule has 6 nitrogen and oxygen atoms in total. The van der Waals surface area contributed by atoms with Crippen molar-refractivity contribution in [2.45, 2.75) is 51.0 Å². The zero-order valence-electron chi connectivity index (χ0n) is 14.5. The lowest BCUT2D eigenvalue weighted by atomic mass is 9.94. The number of ether oxygens (including phenoxy) is 1. The lowest BCUT2D eigenvalue weighted by molar-refractivity contribution is -0.143. The number of Topliss-reactive ketones (excluding diaryl/α,β-unsaturated/α-hetero) is 1. The van der Waals surface area contributed by atoms with Crippen LogP contribution < -0.4 is 10.1 Å². The molecule has 0 saturated heterocycles. The maximum Gasteiger partial charge on any atom is 0.308 e. The van der Waals surface area contributed by atoms with E-state index in [1.165, 1.54) is 0 Å². The number of ketones is 1. The van der Waals surface area contributed by atoms with E-state index in [-0.39, 0.29) is 30.6 Å². The number of hydrogen-bond donors (Lipinski definition) is 2. The molecule has 25 heavy (non-hydrogen) atoms. The monoisotopic (exact) mass is 347 g/mol. The summed E-state index contributed by atoms with van der Waals surface area (Å²) in [5.41, 5.74) is 0.534. The molecule has 1 saturated carbocycles. The summed E-state index contributed by atoms with van der Waals surface area (Å²) in [6.07, 6.45) is 4.21. The van der Waals surface area contributed by atoms with Crippen molar-refractivity contribution in [1.29, 1.82) is 0 Å². The first-order valence-electron chi connectivity index (χ1n) is 8.70. The van der Waals surface area contributed by atoms with Crippen LogP contribution in [0, 0.1) is 5.92 Å². The summed E-state index contributed by atoms with van der Waals surface area (Å²) in [6.45, 7) is 0. The maximum absolute atomic E-state index is 12.2. The average Bonchev–Trinajstić information content (AvgIpc) is 2.85. The van der Waals surface area contributed by atoms with E-state index in [2.05, 4.69) is 5.32 Å². The lowest BCUT2D eigenvalue weighted by Crippen LogP contribution is -2.42. The second kappa shape index (κ2) is 9.20. The number of carboxylic acids is 1. The minimum absolute atomic E-state index is 0.0632. The van der Waals surface area contributed by atoms with Gasteiger partial charge in [-0.1, -0.05) is 19.3 Å². The van der Waals surface area contributed by atoms with Crippen molar-refractivity contribution in [3.8, 4) is 5.75 Å². The number of hydrogen-bond acceptors (Lipinski definition) is 4. The Morgan fingerprint density at radius 3 is 2.40 bits per heavy atom. The van der Waals surface area contributed by atoms with E-state index in [1.807, 2.05) is 0 Å². The number of nitrogens with one attached hydrogen (secondary N) is 1. The highest BCUT2D eigenvalue weighted by Gasteiger charge is 2.30. The van der Waals surface area contributed by atoms with E-state index in [9.17, 15) is 19.5 Å². The van der Waals surface area contributed by atoms with Crippen LogP contribution in [0.25, 0.3) is 0 Å². The number of carbonyl (C=O) groups excluding carboxylic acids is 2. The van der Waals surface area contributed by atoms with E-state index >= 15 is 0 Å². The van der Waals surface area contributed by atoms with Gasteiger partial charge in [0.2, 0.25) is 5.91 Å². The Morgan fingerprint density at radius 1 is 1.08 bits per heavy atom. The number of carbonyl (C=O) groups is 3. The standard InChI is InChI=1S/C19H25NO5/c1-25-14-9-7-13(8-10-14)17(21)11-12-18(22)20-16-6-4-2-3-5-15(16)19(23)24/h7-10,15-16H,2-6,11-12H2,1H3,(H,20,22)(H,23,24)/t15-,16+/m1/s1. The third kappa shape index (κ3) is 5.59. The highest BCUT2D eigenvalue weighted by Crippen LogP contribution is 2.24. The van der Waals surface area contributed by atoms with Gasteiger partial charge >= 0.3 is 5.97 Å². The lowest BCUT2D eigenvalue weighted by Gasteiger charge is -2.22. The van der Waals surface area contributed by atoms with Crippen LogP contribution in [-0.4, -0.2) is 35.9 Å². The van der Waals surface area contributed by atoms with Gasteiger partial charge in [0.1, 0.15) is 5.75 Å². The molecule has 0 aromatic heterocycles. The van der Waals surface area contributed by atoms with E-state index in [0.29, 0.717) is 24.2 Å². The molecule has 0 heterocycles. The van der Waals surface area contributed by atoms with Crippen LogP contribution in [0.5, 0.6) is 5.75 Å². The third-order valence-electron chi connectivity index (χ3n) is 4.67. The smallest absolute Gasteiger partial charge is 0.308 e. The number of methoxy groups -OCH3 is 1. The molecule has 0 unspecified atom stereocenters.